The third-order valence-corrected chi connectivity index (χ3v) is 0.923. The van der Waals surface area contributed by atoms with Crippen LogP contribution in [0.25, 0.3) is 0 Å². The Hall–Kier alpha value is -0.297. The quantitative estimate of drug-likeness (QED) is 0.415. The Labute approximate surface area is 85.8 Å². The second-order valence-electron chi connectivity index (χ2n) is 1.51. The fourth-order valence-corrected chi connectivity index (χ4v) is 0.508. The van der Waals surface area contributed by atoms with Crippen LogP contribution in [0.3, 0.4) is 0 Å². The molecule has 0 bridgehead atoms. The van der Waals surface area contributed by atoms with Crippen LogP contribution in [0, 0.1) is 6.07 Å². The van der Waals surface area contributed by atoms with Crippen molar-refractivity contribution in [1.29, 1.82) is 0 Å². The molecule has 1 aromatic carbocycles. The molecule has 1 rings (SSSR count). The predicted octanol–water partition coefficient (Wildman–Crippen LogP) is 1.05. The molecule has 1 aromatic rings. The first kappa shape index (κ1) is 14.2. The molecule has 0 fully saturated rings. The normalized spacial score (nSPS) is 7.50. The maximum absolute atomic E-state index is 8.35. The molecule has 0 heterocycles. The first-order valence-electron chi connectivity index (χ1n) is 2.80. The molecule has 0 aliphatic heterocycles. The molecule has 5 heteroatoms. The van der Waals surface area contributed by atoms with Crippen LogP contribution in [0.5, 0.6) is 5.75 Å². The van der Waals surface area contributed by atoms with Crippen molar-refractivity contribution in [2.75, 3.05) is 7.11 Å². The van der Waals surface area contributed by atoms with Gasteiger partial charge in [-0.1, -0.05) is 0 Å². The smallest absolute Gasteiger partial charge is 0.772 e. The zero-order valence-electron chi connectivity index (χ0n) is 6.69. The van der Waals surface area contributed by atoms with Gasteiger partial charge in [-0.15, -0.1) is 12.1 Å². The molecule has 3 nitrogen and oxygen atoms in total. The minimum atomic E-state index is -1.08. The summed E-state index contributed by atoms with van der Waals surface area (Å²) in [6, 6.07) is 10.2. The van der Waals surface area contributed by atoms with Crippen molar-refractivity contribution >= 4 is 8.69 Å². The van der Waals surface area contributed by atoms with E-state index in [1.807, 2.05) is 24.3 Å². The summed E-state index contributed by atoms with van der Waals surface area (Å²) in [6.07, 6.45) is 0. The molecule has 12 heavy (non-hydrogen) atoms. The fourth-order valence-electron chi connectivity index (χ4n) is 0.508. The molecule has 0 spiro atoms. The first-order valence-corrected chi connectivity index (χ1v) is 3.53. The molecule has 0 atom stereocenters. The molecule has 0 aliphatic carbocycles. The van der Waals surface area contributed by atoms with Gasteiger partial charge in [-0.3, -0.25) is 4.57 Å². The van der Waals surface area contributed by atoms with Crippen molar-refractivity contribution in [1.82, 2.24) is 0 Å². The van der Waals surface area contributed by atoms with Crippen LogP contribution in [0.4, 0.5) is 0 Å². The first-order chi connectivity index (χ1) is 5.35. The summed E-state index contributed by atoms with van der Waals surface area (Å²) >= 11 is 0. The third-order valence-electron chi connectivity index (χ3n) is 0.923. The Kier molecular flexibility index (Phi) is 12.7. The maximum atomic E-state index is 8.35. The van der Waals surface area contributed by atoms with Crippen LogP contribution in [0.1, 0.15) is 0 Å². The second kappa shape index (κ2) is 10.7. The number of ether oxygens (including phenoxy) is 1. The molecule has 0 saturated heterocycles. The van der Waals surface area contributed by atoms with Gasteiger partial charge in [-0.05, 0) is 0 Å². The number of methoxy groups -OCH3 is 1. The van der Waals surface area contributed by atoms with E-state index in [0.29, 0.717) is 0 Å². The minimum absolute atomic E-state index is 0. The molecule has 0 amide bonds. The number of hydrogen-bond acceptors (Lipinski definition) is 3. The minimum Gasteiger partial charge on any atom is -0.772 e. The van der Waals surface area contributed by atoms with E-state index in [1.54, 1.807) is 7.11 Å². The van der Waals surface area contributed by atoms with Crippen molar-refractivity contribution in [3.8, 4) is 5.75 Å². The van der Waals surface area contributed by atoms with Gasteiger partial charge in [0.25, 0.3) is 0 Å². The zero-order chi connectivity index (χ0) is 8.53. The Morgan fingerprint density at radius 2 is 1.92 bits per heavy atom. The van der Waals surface area contributed by atoms with E-state index in [9.17, 15) is 0 Å². The van der Waals surface area contributed by atoms with Crippen LogP contribution in [0.2, 0.25) is 0 Å². The zero-order valence-corrected chi connectivity index (χ0v) is 10.6. The molecular weight excluding hydrogens is 228 g/mol. The van der Waals surface area contributed by atoms with Gasteiger partial charge in [-0.2, -0.15) is 18.2 Å². The van der Waals surface area contributed by atoms with Crippen LogP contribution in [0.15, 0.2) is 24.3 Å². The predicted molar refractivity (Wildman–Crippen MR) is 39.4 cm³/mol. The standard InChI is InChI=1S/C7H7O.HO2P.Zn/c1-8-7-5-3-2-4-6-7;1-3-2;/h3-6H,1H3;(H,1,2);/q-1;;+2/p-1. The van der Waals surface area contributed by atoms with Gasteiger partial charge in [0.2, 0.25) is 0 Å². The number of hydrogen-bond donors (Lipinski definition) is 0. The van der Waals surface area contributed by atoms with Gasteiger partial charge in [0.05, 0.1) is 15.8 Å². The molecule has 0 saturated carbocycles. The molecule has 0 radical (unpaired) electrons. The van der Waals surface area contributed by atoms with Crippen molar-refractivity contribution in [2.24, 2.45) is 0 Å². The van der Waals surface area contributed by atoms with E-state index in [-0.39, 0.29) is 19.5 Å². The van der Waals surface area contributed by atoms with Crippen LogP contribution in [-0.4, -0.2) is 7.11 Å². The summed E-state index contributed by atoms with van der Waals surface area (Å²) in [5.74, 6) is 0.878. The van der Waals surface area contributed by atoms with Crippen LogP contribution < -0.4 is 9.63 Å². The van der Waals surface area contributed by atoms with Gasteiger partial charge >= 0.3 is 19.5 Å². The van der Waals surface area contributed by atoms with Crippen molar-refractivity contribution in [3.63, 3.8) is 0 Å². The Bertz CT molecular complexity index is 193. The van der Waals surface area contributed by atoms with E-state index < -0.39 is 8.69 Å². The molecule has 0 aromatic heterocycles. The summed E-state index contributed by atoms with van der Waals surface area (Å²) in [4.78, 5) is 8.35. The molecule has 0 N–H and O–H groups in total. The van der Waals surface area contributed by atoms with E-state index >= 15 is 0 Å². The Balaban J connectivity index is 0. The molecule has 0 unspecified atom stereocenters. The SMILES string of the molecule is COc1cc[c-]cc1.O=P[O-].[Zn+2]. The monoisotopic (exact) mass is 234 g/mol. The average Bonchev–Trinajstić information content (AvgIpc) is 2.08. The van der Waals surface area contributed by atoms with Crippen LogP contribution in [-0.2, 0) is 24.0 Å². The molecular formula is C7H7O3PZn. The maximum Gasteiger partial charge on any atom is 2.00 e. The third kappa shape index (κ3) is 7.81. The van der Waals surface area contributed by atoms with E-state index in [4.69, 9.17) is 14.2 Å². The Morgan fingerprint density at radius 1 is 1.50 bits per heavy atom. The van der Waals surface area contributed by atoms with Crippen molar-refractivity contribution in [3.05, 3.63) is 30.3 Å². The van der Waals surface area contributed by atoms with Gasteiger partial charge < -0.3 is 9.63 Å². The average molecular weight is 235 g/mol. The topological polar surface area (TPSA) is 49.4 Å². The van der Waals surface area contributed by atoms with E-state index in [0.717, 1.165) is 5.75 Å². The molecule has 0 aliphatic rings. The number of benzene rings is 1. The van der Waals surface area contributed by atoms with Gasteiger partial charge in [0, 0.05) is 5.75 Å². The summed E-state index contributed by atoms with van der Waals surface area (Å²) < 4.78 is 13.2. The summed E-state index contributed by atoms with van der Waals surface area (Å²) in [5.41, 5.74) is 0. The summed E-state index contributed by atoms with van der Waals surface area (Å²) in [6.45, 7) is 0. The largest absolute Gasteiger partial charge is 2.00 e. The van der Waals surface area contributed by atoms with E-state index in [2.05, 4.69) is 6.07 Å². The Morgan fingerprint density at radius 3 is 2.17 bits per heavy atom. The van der Waals surface area contributed by atoms with Crippen molar-refractivity contribution < 1.29 is 33.7 Å². The van der Waals surface area contributed by atoms with Gasteiger partial charge in [0.1, 0.15) is 0 Å². The van der Waals surface area contributed by atoms with Gasteiger partial charge in [0.15, 0.2) is 0 Å². The fraction of sp³-hybridized carbons (Fsp3) is 0.143. The van der Waals surface area contributed by atoms with Crippen LogP contribution >= 0.6 is 8.69 Å². The summed E-state index contributed by atoms with van der Waals surface area (Å²) in [7, 11) is 0.565. The van der Waals surface area contributed by atoms with Crippen molar-refractivity contribution in [2.45, 2.75) is 0 Å². The number of rotatable bonds is 1. The van der Waals surface area contributed by atoms with Gasteiger partial charge in [-0.25, -0.2) is 0 Å². The molecule has 60 valence electrons. The second-order valence-corrected chi connectivity index (χ2v) is 1.66. The summed E-state index contributed by atoms with van der Waals surface area (Å²) in [5, 5.41) is 0. The van der Waals surface area contributed by atoms with E-state index in [1.165, 1.54) is 0 Å².